The molecule has 18 heavy (non-hydrogen) atoms. The summed E-state index contributed by atoms with van der Waals surface area (Å²) in [6.07, 6.45) is 5.59. The van der Waals surface area contributed by atoms with Crippen molar-refractivity contribution < 1.29 is 0 Å². The monoisotopic (exact) mass is 248 g/mol. The molecule has 2 aliphatic rings. The first kappa shape index (κ1) is 12.2. The number of hydrogen-bond donors (Lipinski definition) is 1. The molecule has 1 heterocycles. The highest BCUT2D eigenvalue weighted by molar-refractivity contribution is 5.18. The summed E-state index contributed by atoms with van der Waals surface area (Å²) < 4.78 is 2.30. The van der Waals surface area contributed by atoms with E-state index in [1.54, 1.807) is 0 Å². The van der Waals surface area contributed by atoms with Crippen LogP contribution in [0.3, 0.4) is 0 Å². The van der Waals surface area contributed by atoms with Gasteiger partial charge in [0.2, 0.25) is 0 Å². The van der Waals surface area contributed by atoms with Crippen molar-refractivity contribution in [1.82, 2.24) is 14.8 Å². The van der Waals surface area contributed by atoms with Gasteiger partial charge in [0.15, 0.2) is 0 Å². The topological polar surface area (TPSA) is 56.7 Å². The van der Waals surface area contributed by atoms with Gasteiger partial charge in [0.05, 0.1) is 6.54 Å². The van der Waals surface area contributed by atoms with Crippen molar-refractivity contribution in [3.05, 3.63) is 11.6 Å². The molecule has 4 heteroatoms. The molecule has 4 nitrogen and oxygen atoms in total. The van der Waals surface area contributed by atoms with Crippen LogP contribution in [0, 0.1) is 17.8 Å². The normalized spacial score (nSPS) is 30.6. The number of aromatic nitrogens is 3. The van der Waals surface area contributed by atoms with Crippen LogP contribution < -0.4 is 5.73 Å². The van der Waals surface area contributed by atoms with Gasteiger partial charge in [0, 0.05) is 12.5 Å². The third-order valence-electron chi connectivity index (χ3n) is 4.54. The lowest BCUT2D eigenvalue weighted by molar-refractivity contribution is 0.480. The van der Waals surface area contributed by atoms with E-state index in [9.17, 15) is 0 Å². The van der Waals surface area contributed by atoms with Gasteiger partial charge in [0.25, 0.3) is 0 Å². The number of nitrogens with zero attached hydrogens (tertiary/aromatic N) is 3. The van der Waals surface area contributed by atoms with Crippen LogP contribution in [0.15, 0.2) is 0 Å². The van der Waals surface area contributed by atoms with E-state index >= 15 is 0 Å². The minimum absolute atomic E-state index is 0.502. The molecule has 2 fully saturated rings. The molecule has 2 atom stereocenters. The van der Waals surface area contributed by atoms with Crippen LogP contribution in [0.1, 0.15) is 57.1 Å². The average molecular weight is 248 g/mol. The number of fused-ring (bicyclic) bond motifs is 1. The molecule has 3 rings (SSSR count). The number of rotatable bonds is 4. The van der Waals surface area contributed by atoms with Crippen molar-refractivity contribution in [3.63, 3.8) is 0 Å². The first-order chi connectivity index (χ1) is 8.72. The molecule has 2 N–H and O–H groups in total. The minimum atomic E-state index is 0.502. The molecule has 1 aromatic rings. The van der Waals surface area contributed by atoms with Crippen LogP contribution in [0.5, 0.6) is 0 Å². The Bertz CT molecular complexity index is 411. The Labute approximate surface area is 109 Å². The van der Waals surface area contributed by atoms with E-state index in [0.717, 1.165) is 24.2 Å². The van der Waals surface area contributed by atoms with Crippen LogP contribution in [0.2, 0.25) is 0 Å². The highest BCUT2D eigenvalue weighted by atomic mass is 15.3. The van der Waals surface area contributed by atoms with Crippen molar-refractivity contribution in [3.8, 4) is 0 Å². The standard InChI is InChI=1S/C14H24N4/c1-9(2)8-18-12(7-15)16-17-14(18)13-10-5-3-4-6-11(10)13/h9-11,13H,3-8,15H2,1-2H3. The molecular formula is C14H24N4. The Morgan fingerprint density at radius 1 is 1.22 bits per heavy atom. The van der Waals surface area contributed by atoms with E-state index in [1.807, 2.05) is 0 Å². The quantitative estimate of drug-likeness (QED) is 0.889. The lowest BCUT2D eigenvalue weighted by atomic mass is 10.0. The van der Waals surface area contributed by atoms with Crippen molar-refractivity contribution in [2.24, 2.45) is 23.5 Å². The fourth-order valence-electron chi connectivity index (χ4n) is 3.69. The number of nitrogens with two attached hydrogens (primary N) is 1. The Kier molecular flexibility index (Phi) is 3.14. The predicted molar refractivity (Wildman–Crippen MR) is 70.9 cm³/mol. The summed E-state index contributed by atoms with van der Waals surface area (Å²) in [4.78, 5) is 0. The van der Waals surface area contributed by atoms with E-state index in [2.05, 4.69) is 28.6 Å². The highest BCUT2D eigenvalue weighted by Gasteiger charge is 2.53. The summed E-state index contributed by atoms with van der Waals surface area (Å²) in [6.45, 7) is 5.99. The summed E-state index contributed by atoms with van der Waals surface area (Å²) in [7, 11) is 0. The molecule has 2 aliphatic carbocycles. The SMILES string of the molecule is CC(C)Cn1c(CN)nnc1C1C2CCCCC21. The molecule has 100 valence electrons. The summed E-state index contributed by atoms with van der Waals surface area (Å²) in [6, 6.07) is 0. The van der Waals surface area contributed by atoms with E-state index in [1.165, 1.54) is 31.5 Å². The second-order valence-electron chi connectivity index (χ2n) is 6.32. The predicted octanol–water partition coefficient (Wildman–Crippen LogP) is 2.30. The Morgan fingerprint density at radius 3 is 2.44 bits per heavy atom. The van der Waals surface area contributed by atoms with Crippen LogP contribution in [-0.4, -0.2) is 14.8 Å². The number of hydrogen-bond acceptors (Lipinski definition) is 3. The smallest absolute Gasteiger partial charge is 0.146 e. The lowest BCUT2D eigenvalue weighted by Gasteiger charge is -2.11. The van der Waals surface area contributed by atoms with Gasteiger partial charge in [-0.3, -0.25) is 0 Å². The molecule has 0 aliphatic heterocycles. The molecule has 0 amide bonds. The fourth-order valence-corrected chi connectivity index (χ4v) is 3.69. The molecule has 0 radical (unpaired) electrons. The van der Waals surface area contributed by atoms with Crippen molar-refractivity contribution in [1.29, 1.82) is 0 Å². The summed E-state index contributed by atoms with van der Waals surface area (Å²) in [5.41, 5.74) is 5.78. The maximum atomic E-state index is 5.78. The third-order valence-corrected chi connectivity index (χ3v) is 4.54. The first-order valence-corrected chi connectivity index (χ1v) is 7.34. The van der Waals surface area contributed by atoms with Gasteiger partial charge in [0.1, 0.15) is 11.6 Å². The molecule has 0 aromatic carbocycles. The largest absolute Gasteiger partial charge is 0.324 e. The lowest BCUT2D eigenvalue weighted by Crippen LogP contribution is -2.14. The Balaban J connectivity index is 1.85. The van der Waals surface area contributed by atoms with E-state index in [-0.39, 0.29) is 0 Å². The fraction of sp³-hybridized carbons (Fsp3) is 0.857. The van der Waals surface area contributed by atoms with Crippen molar-refractivity contribution in [2.45, 2.75) is 58.5 Å². The average Bonchev–Trinajstić information content (AvgIpc) is 2.95. The zero-order valence-corrected chi connectivity index (χ0v) is 11.5. The van der Waals surface area contributed by atoms with Gasteiger partial charge in [-0.2, -0.15) is 0 Å². The van der Waals surface area contributed by atoms with Crippen molar-refractivity contribution >= 4 is 0 Å². The Hall–Kier alpha value is -0.900. The highest BCUT2D eigenvalue weighted by Crippen LogP contribution is 2.60. The molecule has 0 saturated heterocycles. The summed E-state index contributed by atoms with van der Waals surface area (Å²) in [5.74, 6) is 5.26. The zero-order chi connectivity index (χ0) is 12.7. The van der Waals surface area contributed by atoms with Crippen LogP contribution >= 0.6 is 0 Å². The van der Waals surface area contributed by atoms with Gasteiger partial charge < -0.3 is 10.3 Å². The Morgan fingerprint density at radius 2 is 1.89 bits per heavy atom. The first-order valence-electron chi connectivity index (χ1n) is 7.34. The van der Waals surface area contributed by atoms with E-state index in [4.69, 9.17) is 5.73 Å². The molecule has 0 spiro atoms. The minimum Gasteiger partial charge on any atom is -0.324 e. The molecule has 2 unspecified atom stereocenters. The van der Waals surface area contributed by atoms with Crippen molar-refractivity contribution in [2.75, 3.05) is 0 Å². The van der Waals surface area contributed by atoms with Gasteiger partial charge in [-0.25, -0.2) is 0 Å². The maximum absolute atomic E-state index is 5.78. The van der Waals surface area contributed by atoms with Gasteiger partial charge >= 0.3 is 0 Å². The maximum Gasteiger partial charge on any atom is 0.146 e. The van der Waals surface area contributed by atoms with Crippen LogP contribution in [0.4, 0.5) is 0 Å². The molecule has 1 aromatic heterocycles. The second kappa shape index (κ2) is 4.65. The molecular weight excluding hydrogens is 224 g/mol. The molecule has 2 saturated carbocycles. The van der Waals surface area contributed by atoms with Crippen LogP contribution in [0.25, 0.3) is 0 Å². The molecule has 0 bridgehead atoms. The summed E-state index contributed by atoms with van der Waals surface area (Å²) >= 11 is 0. The van der Waals surface area contributed by atoms with Gasteiger partial charge in [-0.05, 0) is 30.6 Å². The summed E-state index contributed by atoms with van der Waals surface area (Å²) in [5, 5.41) is 8.75. The van der Waals surface area contributed by atoms with E-state index in [0.29, 0.717) is 18.4 Å². The third kappa shape index (κ3) is 1.96. The second-order valence-corrected chi connectivity index (χ2v) is 6.32. The van der Waals surface area contributed by atoms with E-state index < -0.39 is 0 Å². The zero-order valence-electron chi connectivity index (χ0n) is 11.5. The van der Waals surface area contributed by atoms with Crippen LogP contribution in [-0.2, 0) is 13.1 Å². The van der Waals surface area contributed by atoms with Gasteiger partial charge in [-0.15, -0.1) is 10.2 Å². The van der Waals surface area contributed by atoms with Gasteiger partial charge in [-0.1, -0.05) is 26.7 Å².